The molecule has 0 unspecified atom stereocenters. The predicted octanol–water partition coefficient (Wildman–Crippen LogP) is 3.50. The number of rotatable bonds is 6. The standard InChI is InChI=1S/C20H19FN6O/c21-14-5-3-13(4-6-14)17(10-28)27-11-22-15-7-8-18(24-20(15)27)23-19-9-16(25-26-19)12-1-2-12/h3-9,11-12,17,28H,1-2,10H2,(H2,23,24,25,26)/t17-/m0/s1. The maximum atomic E-state index is 13.3. The predicted molar refractivity (Wildman–Crippen MR) is 103 cm³/mol. The number of hydrogen-bond donors (Lipinski definition) is 3. The largest absolute Gasteiger partial charge is 0.394 e. The smallest absolute Gasteiger partial charge is 0.162 e. The van der Waals surface area contributed by atoms with Gasteiger partial charge in [-0.25, -0.2) is 14.4 Å². The van der Waals surface area contributed by atoms with Crippen LogP contribution in [0.2, 0.25) is 0 Å². The van der Waals surface area contributed by atoms with E-state index in [0.29, 0.717) is 22.9 Å². The summed E-state index contributed by atoms with van der Waals surface area (Å²) in [7, 11) is 0. The highest BCUT2D eigenvalue weighted by atomic mass is 19.1. The molecule has 28 heavy (non-hydrogen) atoms. The number of nitrogens with one attached hydrogen (secondary N) is 2. The molecule has 1 aliphatic rings. The molecule has 1 aromatic carbocycles. The van der Waals surface area contributed by atoms with E-state index in [0.717, 1.165) is 17.1 Å². The lowest BCUT2D eigenvalue weighted by molar-refractivity contribution is 0.251. The highest BCUT2D eigenvalue weighted by Gasteiger charge is 2.25. The number of imidazole rings is 1. The van der Waals surface area contributed by atoms with Crippen molar-refractivity contribution in [2.24, 2.45) is 0 Å². The normalized spacial score (nSPS) is 15.1. The van der Waals surface area contributed by atoms with Gasteiger partial charge >= 0.3 is 0 Å². The van der Waals surface area contributed by atoms with Crippen LogP contribution in [0, 0.1) is 5.82 Å². The van der Waals surface area contributed by atoms with Crippen molar-refractivity contribution in [1.29, 1.82) is 0 Å². The topological polar surface area (TPSA) is 91.7 Å². The summed E-state index contributed by atoms with van der Waals surface area (Å²) in [5.41, 5.74) is 3.27. The van der Waals surface area contributed by atoms with Crippen molar-refractivity contribution in [3.8, 4) is 0 Å². The van der Waals surface area contributed by atoms with Gasteiger partial charge in [0.1, 0.15) is 17.2 Å². The molecule has 1 fully saturated rings. The summed E-state index contributed by atoms with van der Waals surface area (Å²) in [5, 5.41) is 20.5. The number of aromatic amines is 1. The molecule has 1 atom stereocenters. The zero-order chi connectivity index (χ0) is 19.1. The van der Waals surface area contributed by atoms with E-state index in [-0.39, 0.29) is 12.4 Å². The molecule has 3 heterocycles. The van der Waals surface area contributed by atoms with Crippen LogP contribution in [0.4, 0.5) is 16.0 Å². The van der Waals surface area contributed by atoms with Crippen LogP contribution in [0.25, 0.3) is 11.2 Å². The van der Waals surface area contributed by atoms with Crippen LogP contribution in [-0.4, -0.2) is 36.4 Å². The lowest BCUT2D eigenvalue weighted by Gasteiger charge is -2.17. The van der Waals surface area contributed by atoms with E-state index >= 15 is 0 Å². The Kier molecular flexibility index (Phi) is 4.05. The molecule has 1 saturated carbocycles. The Bertz CT molecular complexity index is 1120. The fourth-order valence-electron chi connectivity index (χ4n) is 3.38. The Morgan fingerprint density at radius 2 is 2.00 bits per heavy atom. The molecule has 3 N–H and O–H groups in total. The summed E-state index contributed by atoms with van der Waals surface area (Å²) in [6, 6.07) is 11.4. The Morgan fingerprint density at radius 3 is 2.75 bits per heavy atom. The van der Waals surface area contributed by atoms with E-state index in [4.69, 9.17) is 0 Å². The Labute approximate surface area is 160 Å². The van der Waals surface area contributed by atoms with Crippen LogP contribution in [0.1, 0.15) is 36.1 Å². The van der Waals surface area contributed by atoms with Gasteiger partial charge in [0.25, 0.3) is 0 Å². The molecule has 0 aliphatic heterocycles. The molecule has 7 nitrogen and oxygen atoms in total. The van der Waals surface area contributed by atoms with Crippen LogP contribution in [-0.2, 0) is 0 Å². The molecule has 8 heteroatoms. The van der Waals surface area contributed by atoms with E-state index in [9.17, 15) is 9.50 Å². The summed E-state index contributed by atoms with van der Waals surface area (Å²) in [4.78, 5) is 9.04. The zero-order valence-electron chi connectivity index (χ0n) is 15.0. The Morgan fingerprint density at radius 1 is 1.18 bits per heavy atom. The van der Waals surface area contributed by atoms with Crippen LogP contribution in [0.3, 0.4) is 0 Å². The molecule has 4 aromatic rings. The van der Waals surface area contributed by atoms with Crippen molar-refractivity contribution in [1.82, 2.24) is 24.7 Å². The van der Waals surface area contributed by atoms with E-state index in [1.165, 1.54) is 25.0 Å². The van der Waals surface area contributed by atoms with Gasteiger partial charge in [-0.1, -0.05) is 12.1 Å². The second-order valence-corrected chi connectivity index (χ2v) is 7.05. The lowest BCUT2D eigenvalue weighted by atomic mass is 10.1. The van der Waals surface area contributed by atoms with Crippen LogP contribution < -0.4 is 5.32 Å². The molecule has 0 spiro atoms. The summed E-state index contributed by atoms with van der Waals surface area (Å²) in [6.45, 7) is -0.152. The van der Waals surface area contributed by atoms with Gasteiger partial charge in [0.15, 0.2) is 11.5 Å². The molecular weight excluding hydrogens is 359 g/mol. The second-order valence-electron chi connectivity index (χ2n) is 7.05. The Hall–Kier alpha value is -3.26. The van der Waals surface area contributed by atoms with Crippen molar-refractivity contribution >= 4 is 22.8 Å². The fraction of sp³-hybridized carbons (Fsp3) is 0.250. The Balaban J connectivity index is 1.47. The van der Waals surface area contributed by atoms with E-state index in [2.05, 4.69) is 25.5 Å². The number of pyridine rings is 1. The fourth-order valence-corrected chi connectivity index (χ4v) is 3.38. The number of aliphatic hydroxyl groups excluding tert-OH is 1. The number of H-pyrrole nitrogens is 1. The molecule has 142 valence electrons. The molecule has 3 aromatic heterocycles. The third-order valence-electron chi connectivity index (χ3n) is 5.05. The summed E-state index contributed by atoms with van der Waals surface area (Å²) in [5.74, 6) is 1.64. The van der Waals surface area contributed by atoms with Gasteiger partial charge in [0, 0.05) is 17.7 Å². The quantitative estimate of drug-likeness (QED) is 0.478. The van der Waals surface area contributed by atoms with Gasteiger partial charge in [-0.3, -0.25) is 5.10 Å². The monoisotopic (exact) mass is 378 g/mol. The highest BCUT2D eigenvalue weighted by molar-refractivity contribution is 5.74. The average Bonchev–Trinajstić information content (AvgIpc) is 3.32. The summed E-state index contributed by atoms with van der Waals surface area (Å²) in [6.07, 6.45) is 4.05. The molecule has 0 saturated heterocycles. The number of halogens is 1. The third kappa shape index (κ3) is 3.11. The average molecular weight is 378 g/mol. The van der Waals surface area contributed by atoms with E-state index in [1.807, 2.05) is 18.2 Å². The maximum absolute atomic E-state index is 13.3. The minimum atomic E-state index is -0.403. The first-order valence-corrected chi connectivity index (χ1v) is 9.23. The number of hydrogen-bond acceptors (Lipinski definition) is 5. The molecule has 0 amide bonds. The SMILES string of the molecule is OC[C@@H](c1ccc(F)cc1)n1cnc2ccc(Nc3cc(C4CC4)[nH]n3)nc21. The minimum absolute atomic E-state index is 0.152. The summed E-state index contributed by atoms with van der Waals surface area (Å²) >= 11 is 0. The molecule has 5 rings (SSSR count). The van der Waals surface area contributed by atoms with E-state index in [1.54, 1.807) is 23.0 Å². The number of aromatic nitrogens is 5. The summed E-state index contributed by atoms with van der Waals surface area (Å²) < 4.78 is 15.1. The number of fused-ring (bicyclic) bond motifs is 1. The van der Waals surface area contributed by atoms with Crippen molar-refractivity contribution in [3.63, 3.8) is 0 Å². The zero-order valence-corrected chi connectivity index (χ0v) is 15.0. The van der Waals surface area contributed by atoms with Gasteiger partial charge < -0.3 is 15.0 Å². The highest BCUT2D eigenvalue weighted by Crippen LogP contribution is 2.39. The molecule has 0 bridgehead atoms. The maximum Gasteiger partial charge on any atom is 0.162 e. The number of nitrogens with zero attached hydrogens (tertiary/aromatic N) is 4. The number of benzene rings is 1. The third-order valence-corrected chi connectivity index (χ3v) is 5.05. The second kappa shape index (κ2) is 6.72. The minimum Gasteiger partial charge on any atom is -0.394 e. The molecular formula is C20H19FN6O. The van der Waals surface area contributed by atoms with Crippen molar-refractivity contribution in [2.75, 3.05) is 11.9 Å². The van der Waals surface area contributed by atoms with Crippen LogP contribution in [0.15, 0.2) is 48.8 Å². The van der Waals surface area contributed by atoms with Gasteiger partial charge in [0.2, 0.25) is 0 Å². The number of aliphatic hydroxyl groups is 1. The molecule has 1 aliphatic carbocycles. The van der Waals surface area contributed by atoms with Crippen LogP contribution >= 0.6 is 0 Å². The van der Waals surface area contributed by atoms with Crippen molar-refractivity contribution in [3.05, 3.63) is 65.9 Å². The first-order valence-electron chi connectivity index (χ1n) is 9.23. The van der Waals surface area contributed by atoms with Gasteiger partial charge in [-0.2, -0.15) is 5.10 Å². The number of anilines is 2. The van der Waals surface area contributed by atoms with Crippen molar-refractivity contribution < 1.29 is 9.50 Å². The molecule has 0 radical (unpaired) electrons. The van der Waals surface area contributed by atoms with E-state index < -0.39 is 6.04 Å². The van der Waals surface area contributed by atoms with Gasteiger partial charge in [0.05, 0.1) is 19.0 Å². The van der Waals surface area contributed by atoms with Gasteiger partial charge in [-0.15, -0.1) is 0 Å². The van der Waals surface area contributed by atoms with Crippen LogP contribution in [0.5, 0.6) is 0 Å². The lowest BCUT2D eigenvalue weighted by Crippen LogP contribution is -2.14. The van der Waals surface area contributed by atoms with Crippen molar-refractivity contribution in [2.45, 2.75) is 24.8 Å². The first kappa shape index (κ1) is 16.9. The first-order chi connectivity index (χ1) is 13.7. The van der Waals surface area contributed by atoms with Gasteiger partial charge in [-0.05, 0) is 42.7 Å².